The van der Waals surface area contributed by atoms with Crippen LogP contribution in [-0.2, 0) is 7.05 Å². The van der Waals surface area contributed by atoms with Gasteiger partial charge in [0.15, 0.2) is 5.82 Å². The lowest BCUT2D eigenvalue weighted by molar-refractivity contribution is 0.0233. The second-order valence-corrected chi connectivity index (χ2v) is 5.83. The fraction of sp³-hybridized carbons (Fsp3) is 0.438. The molecular weight excluding hydrogens is 296 g/mol. The van der Waals surface area contributed by atoms with Gasteiger partial charge in [0, 0.05) is 31.7 Å². The Kier molecular flexibility index (Phi) is 4.29. The highest BCUT2D eigenvalue weighted by Gasteiger charge is 2.36. The van der Waals surface area contributed by atoms with Crippen molar-refractivity contribution in [3.8, 4) is 5.88 Å². The number of hydrogen-bond acceptors (Lipinski definition) is 5. The molecule has 0 radical (unpaired) electrons. The largest absolute Gasteiger partial charge is 0.481 e. The number of ether oxygens (including phenoxy) is 1. The smallest absolute Gasteiger partial charge is 0.287 e. The van der Waals surface area contributed by atoms with E-state index in [9.17, 15) is 9.90 Å². The molecule has 1 aliphatic rings. The van der Waals surface area contributed by atoms with Crippen LogP contribution in [0, 0.1) is 5.92 Å². The number of aliphatic hydroxyl groups excluding tert-OH is 1. The molecule has 1 amide bonds. The van der Waals surface area contributed by atoms with Crippen molar-refractivity contribution >= 4 is 5.91 Å². The molecule has 2 aromatic heterocycles. The van der Waals surface area contributed by atoms with Crippen LogP contribution in [0.1, 0.15) is 35.1 Å². The summed E-state index contributed by atoms with van der Waals surface area (Å²) in [7, 11) is 3.34. The van der Waals surface area contributed by atoms with Gasteiger partial charge in [-0.3, -0.25) is 4.79 Å². The highest BCUT2D eigenvalue weighted by atomic mass is 16.5. The molecule has 0 aromatic carbocycles. The topological polar surface area (TPSA) is 89.3 Å². The summed E-state index contributed by atoms with van der Waals surface area (Å²) in [6, 6.07) is 3.45. The van der Waals surface area contributed by atoms with Crippen LogP contribution in [0.3, 0.4) is 0 Å². The number of nitrogens with one attached hydrogen (secondary N) is 1. The lowest BCUT2D eigenvalue weighted by atomic mass is 9.75. The Morgan fingerprint density at radius 2 is 2.22 bits per heavy atom. The minimum Gasteiger partial charge on any atom is -0.481 e. The Labute approximate surface area is 134 Å². The van der Waals surface area contributed by atoms with Gasteiger partial charge in [0.1, 0.15) is 0 Å². The molecule has 0 saturated heterocycles. The molecule has 7 heteroatoms. The molecule has 7 nitrogen and oxygen atoms in total. The zero-order chi connectivity index (χ0) is 16.4. The van der Waals surface area contributed by atoms with Crippen molar-refractivity contribution < 1.29 is 14.6 Å². The fourth-order valence-corrected chi connectivity index (χ4v) is 2.86. The van der Waals surface area contributed by atoms with Crippen LogP contribution < -0.4 is 10.1 Å². The maximum Gasteiger partial charge on any atom is 0.287 e. The molecule has 1 atom stereocenters. The van der Waals surface area contributed by atoms with Gasteiger partial charge in [0.2, 0.25) is 5.88 Å². The predicted octanol–water partition coefficient (Wildman–Crippen LogP) is 1.07. The third-order valence-electron chi connectivity index (χ3n) is 4.26. The van der Waals surface area contributed by atoms with Crippen molar-refractivity contribution in [1.82, 2.24) is 19.9 Å². The molecule has 2 heterocycles. The average Bonchev–Trinajstić information content (AvgIpc) is 2.96. The van der Waals surface area contributed by atoms with Gasteiger partial charge in [-0.1, -0.05) is 6.07 Å². The summed E-state index contributed by atoms with van der Waals surface area (Å²) in [6.07, 6.45) is 6.05. The normalized spacial score (nSPS) is 21.3. The van der Waals surface area contributed by atoms with Gasteiger partial charge in [0.05, 0.1) is 19.3 Å². The number of nitrogens with zero attached hydrogens (tertiary/aromatic N) is 3. The van der Waals surface area contributed by atoms with Gasteiger partial charge in [-0.25, -0.2) is 9.97 Å². The quantitative estimate of drug-likeness (QED) is 0.861. The molecule has 3 rings (SSSR count). The number of aliphatic hydroxyl groups is 1. The SMILES string of the molecule is COc1ccc([C@@H](NC(=O)c2nccn2C)C2CC(O)C2)cn1. The summed E-state index contributed by atoms with van der Waals surface area (Å²) in [4.78, 5) is 20.7. The Bertz CT molecular complexity index is 677. The summed E-state index contributed by atoms with van der Waals surface area (Å²) in [6.45, 7) is 0. The van der Waals surface area contributed by atoms with Crippen molar-refractivity contribution in [2.45, 2.75) is 25.0 Å². The lowest BCUT2D eigenvalue weighted by Gasteiger charge is -2.38. The molecule has 0 unspecified atom stereocenters. The first-order chi connectivity index (χ1) is 11.1. The van der Waals surface area contributed by atoms with Gasteiger partial charge in [-0.15, -0.1) is 0 Å². The van der Waals surface area contributed by atoms with Crippen LogP contribution in [0.15, 0.2) is 30.7 Å². The predicted molar refractivity (Wildman–Crippen MR) is 82.9 cm³/mol. The van der Waals surface area contributed by atoms with E-state index in [1.165, 1.54) is 0 Å². The van der Waals surface area contributed by atoms with Crippen LogP contribution in [0.4, 0.5) is 0 Å². The van der Waals surface area contributed by atoms with Crippen molar-refractivity contribution in [2.75, 3.05) is 7.11 Å². The molecule has 2 N–H and O–H groups in total. The zero-order valence-corrected chi connectivity index (χ0v) is 13.1. The van der Waals surface area contributed by atoms with Gasteiger partial charge in [-0.2, -0.15) is 0 Å². The highest BCUT2D eigenvalue weighted by Crippen LogP contribution is 2.38. The van der Waals surface area contributed by atoms with Crippen LogP contribution >= 0.6 is 0 Å². The minimum absolute atomic E-state index is 0.185. The first kappa shape index (κ1) is 15.5. The van der Waals surface area contributed by atoms with Gasteiger partial charge in [0.25, 0.3) is 5.91 Å². The van der Waals surface area contributed by atoms with Gasteiger partial charge in [-0.05, 0) is 24.3 Å². The molecule has 0 aliphatic heterocycles. The van der Waals surface area contributed by atoms with E-state index >= 15 is 0 Å². The van der Waals surface area contributed by atoms with Gasteiger partial charge < -0.3 is 19.7 Å². The third kappa shape index (κ3) is 3.19. The first-order valence-corrected chi connectivity index (χ1v) is 7.54. The van der Waals surface area contributed by atoms with Crippen LogP contribution in [0.5, 0.6) is 5.88 Å². The van der Waals surface area contributed by atoms with Crippen LogP contribution in [-0.4, -0.2) is 38.8 Å². The van der Waals surface area contributed by atoms with Crippen molar-refractivity contribution in [2.24, 2.45) is 13.0 Å². The highest BCUT2D eigenvalue weighted by molar-refractivity contribution is 5.91. The fourth-order valence-electron chi connectivity index (χ4n) is 2.86. The third-order valence-corrected chi connectivity index (χ3v) is 4.26. The summed E-state index contributed by atoms with van der Waals surface area (Å²) in [5, 5.41) is 12.6. The van der Waals surface area contributed by atoms with Crippen molar-refractivity contribution in [3.63, 3.8) is 0 Å². The van der Waals surface area contributed by atoms with E-state index in [-0.39, 0.29) is 24.0 Å². The molecule has 2 aromatic rings. The Hall–Kier alpha value is -2.41. The zero-order valence-electron chi connectivity index (χ0n) is 13.1. The summed E-state index contributed by atoms with van der Waals surface area (Å²) in [5.74, 6) is 0.831. The number of carbonyl (C=O) groups excluding carboxylic acids is 1. The molecule has 1 fully saturated rings. The molecule has 0 bridgehead atoms. The van der Waals surface area contributed by atoms with Crippen molar-refractivity contribution in [3.05, 3.63) is 42.1 Å². The molecule has 1 saturated carbocycles. The molecule has 122 valence electrons. The molecule has 1 aliphatic carbocycles. The molecule has 23 heavy (non-hydrogen) atoms. The number of methoxy groups -OCH3 is 1. The summed E-state index contributed by atoms with van der Waals surface area (Å²) < 4.78 is 6.75. The summed E-state index contributed by atoms with van der Waals surface area (Å²) in [5.41, 5.74) is 0.894. The first-order valence-electron chi connectivity index (χ1n) is 7.54. The van der Waals surface area contributed by atoms with E-state index in [0.29, 0.717) is 24.5 Å². The monoisotopic (exact) mass is 316 g/mol. The number of pyridine rings is 1. The number of rotatable bonds is 5. The van der Waals surface area contributed by atoms with E-state index in [0.717, 1.165) is 5.56 Å². The number of aryl methyl sites for hydroxylation is 1. The summed E-state index contributed by atoms with van der Waals surface area (Å²) >= 11 is 0. The van der Waals surface area contributed by atoms with E-state index in [1.807, 2.05) is 6.07 Å². The maximum absolute atomic E-state index is 12.5. The lowest BCUT2D eigenvalue weighted by Crippen LogP contribution is -2.42. The Morgan fingerprint density at radius 3 is 2.74 bits per heavy atom. The Morgan fingerprint density at radius 1 is 1.43 bits per heavy atom. The van der Waals surface area contributed by atoms with E-state index in [1.54, 1.807) is 43.4 Å². The van der Waals surface area contributed by atoms with Gasteiger partial charge >= 0.3 is 0 Å². The van der Waals surface area contributed by atoms with E-state index < -0.39 is 0 Å². The van der Waals surface area contributed by atoms with E-state index in [2.05, 4.69) is 15.3 Å². The maximum atomic E-state index is 12.5. The van der Waals surface area contributed by atoms with E-state index in [4.69, 9.17) is 4.74 Å². The van der Waals surface area contributed by atoms with Crippen molar-refractivity contribution in [1.29, 1.82) is 0 Å². The second-order valence-electron chi connectivity index (χ2n) is 5.83. The second kappa shape index (κ2) is 6.37. The number of aromatic nitrogens is 3. The van der Waals surface area contributed by atoms with Crippen LogP contribution in [0.25, 0.3) is 0 Å². The molecular formula is C16H20N4O3. The number of hydrogen-bond donors (Lipinski definition) is 2. The Balaban J connectivity index is 1.80. The number of imidazole rings is 1. The number of carbonyl (C=O) groups is 1. The average molecular weight is 316 g/mol. The standard InChI is InChI=1S/C16H20N4O3/c1-20-6-5-17-15(20)16(22)19-14(11-7-12(21)8-11)10-3-4-13(23-2)18-9-10/h3-6,9,11-12,14,21H,7-8H2,1-2H3,(H,19,22)/t11?,12?,14-/m1/s1. The molecule has 0 spiro atoms. The number of amides is 1. The van der Waals surface area contributed by atoms with Crippen LogP contribution in [0.2, 0.25) is 0 Å². The minimum atomic E-state index is -0.293.